The molecule has 11 nitrogen and oxygen atoms in total. The van der Waals surface area contributed by atoms with Crippen molar-refractivity contribution in [3.05, 3.63) is 30.5 Å². The summed E-state index contributed by atoms with van der Waals surface area (Å²) in [5.74, 6) is 1.20. The number of hydrogen-bond acceptors (Lipinski definition) is 9. The maximum absolute atomic E-state index is 10.8. The van der Waals surface area contributed by atoms with Gasteiger partial charge in [-0.05, 0) is 30.7 Å². The summed E-state index contributed by atoms with van der Waals surface area (Å²) in [4.78, 5) is 24.5. The molecule has 1 aliphatic rings. The summed E-state index contributed by atoms with van der Waals surface area (Å²) in [5.41, 5.74) is 7.02. The van der Waals surface area contributed by atoms with Crippen molar-refractivity contribution in [2.24, 2.45) is 5.73 Å². The van der Waals surface area contributed by atoms with Gasteiger partial charge in [-0.2, -0.15) is 9.67 Å². The van der Waals surface area contributed by atoms with Gasteiger partial charge in [-0.1, -0.05) is 5.21 Å². The number of carbonyl (C=O) groups is 1. The lowest BCUT2D eigenvalue weighted by Gasteiger charge is -2.14. The minimum absolute atomic E-state index is 0.0344. The van der Waals surface area contributed by atoms with Gasteiger partial charge in [0, 0.05) is 12.6 Å². The van der Waals surface area contributed by atoms with Crippen molar-refractivity contribution in [2.75, 3.05) is 25.5 Å². The van der Waals surface area contributed by atoms with Gasteiger partial charge in [0.15, 0.2) is 11.2 Å². The Hall–Kier alpha value is -3.47. The number of fused-ring (bicyclic) bond motifs is 1. The highest BCUT2D eigenvalue weighted by molar-refractivity contribution is 5.72. The maximum Gasteiger partial charge on any atom is 0.423 e. The van der Waals surface area contributed by atoms with E-state index < -0.39 is 6.09 Å². The first-order valence-corrected chi connectivity index (χ1v) is 8.34. The molecule has 3 heterocycles. The number of amides is 1. The molecule has 0 saturated carbocycles. The lowest BCUT2D eigenvalue weighted by molar-refractivity contribution is -0.0767. The quantitative estimate of drug-likeness (QED) is 0.666. The fourth-order valence-electron chi connectivity index (χ4n) is 2.93. The molecule has 0 unspecified atom stereocenters. The molecule has 1 fully saturated rings. The highest BCUT2D eigenvalue weighted by Gasteiger charge is 2.25. The minimum Gasteiger partial charge on any atom is -0.497 e. The number of primary amides is 1. The second-order valence-corrected chi connectivity index (χ2v) is 6.03. The molecule has 11 heteroatoms. The van der Waals surface area contributed by atoms with Crippen LogP contribution >= 0.6 is 0 Å². The summed E-state index contributed by atoms with van der Waals surface area (Å²) in [6.45, 7) is 1.09. The zero-order valence-corrected chi connectivity index (χ0v) is 14.6. The van der Waals surface area contributed by atoms with E-state index in [0.717, 1.165) is 17.9 Å². The fraction of sp³-hybridized carbons (Fsp3) is 0.312. The van der Waals surface area contributed by atoms with Crippen molar-refractivity contribution in [2.45, 2.75) is 12.5 Å². The molecule has 1 saturated heterocycles. The van der Waals surface area contributed by atoms with Crippen LogP contribution in [0.1, 0.15) is 6.42 Å². The Morgan fingerprint density at radius 2 is 2.15 bits per heavy atom. The lowest BCUT2D eigenvalue weighted by atomic mass is 10.3. The monoisotopic (exact) mass is 370 g/mol. The molecule has 3 aromatic rings. The number of rotatable bonds is 5. The summed E-state index contributed by atoms with van der Waals surface area (Å²) in [5, 5.41) is 13.0. The number of hydrogen-bond donors (Lipinski definition) is 2. The number of carbonyl (C=O) groups excluding carboxylic acids is 1. The van der Waals surface area contributed by atoms with Crippen LogP contribution < -0.4 is 15.8 Å². The molecule has 0 bridgehead atoms. The highest BCUT2D eigenvalue weighted by atomic mass is 16.7. The standard InChI is InChI=1S/C16H18N8O3/c1-26-12-4-2-11(3-5-12)24-14-13(21-22-24)8-18-16(20-14)19-10-6-7-23(9-10)27-15(17)25/h2-5,8,10H,6-7,9H2,1H3,(H2,17,25)(H,18,19,20)/t10-/m1/s1. The van der Waals surface area contributed by atoms with E-state index in [9.17, 15) is 4.79 Å². The molecule has 27 heavy (non-hydrogen) atoms. The van der Waals surface area contributed by atoms with Crippen LogP contribution in [0.25, 0.3) is 16.9 Å². The van der Waals surface area contributed by atoms with Gasteiger partial charge in [-0.25, -0.2) is 9.78 Å². The number of anilines is 1. The fourth-order valence-corrected chi connectivity index (χ4v) is 2.93. The van der Waals surface area contributed by atoms with E-state index in [4.69, 9.17) is 15.3 Å². The molecular weight excluding hydrogens is 352 g/mol. The first kappa shape index (κ1) is 17.0. The van der Waals surface area contributed by atoms with Gasteiger partial charge in [0.05, 0.1) is 25.5 Å². The molecule has 0 spiro atoms. The summed E-state index contributed by atoms with van der Waals surface area (Å²) in [6, 6.07) is 7.47. The molecule has 1 atom stereocenters. The molecule has 1 aliphatic heterocycles. The first-order chi connectivity index (χ1) is 13.1. The van der Waals surface area contributed by atoms with Gasteiger partial charge in [0.25, 0.3) is 0 Å². The number of hydroxylamine groups is 2. The van der Waals surface area contributed by atoms with Crippen LogP contribution in [0.15, 0.2) is 30.5 Å². The largest absolute Gasteiger partial charge is 0.497 e. The number of methoxy groups -OCH3 is 1. The Morgan fingerprint density at radius 1 is 1.33 bits per heavy atom. The average molecular weight is 370 g/mol. The third-order valence-corrected chi connectivity index (χ3v) is 4.21. The topological polar surface area (TPSA) is 133 Å². The first-order valence-electron chi connectivity index (χ1n) is 8.34. The predicted octanol–water partition coefficient (Wildman–Crippen LogP) is 0.716. The zero-order valence-electron chi connectivity index (χ0n) is 14.6. The smallest absolute Gasteiger partial charge is 0.423 e. The van der Waals surface area contributed by atoms with Crippen molar-refractivity contribution in [3.63, 3.8) is 0 Å². The molecule has 2 aromatic heterocycles. The van der Waals surface area contributed by atoms with E-state index in [1.165, 1.54) is 5.06 Å². The third-order valence-electron chi connectivity index (χ3n) is 4.21. The van der Waals surface area contributed by atoms with Gasteiger partial charge < -0.3 is 20.6 Å². The molecule has 0 radical (unpaired) electrons. The maximum atomic E-state index is 10.8. The van der Waals surface area contributed by atoms with Crippen LogP contribution in [0.3, 0.4) is 0 Å². The van der Waals surface area contributed by atoms with E-state index in [1.54, 1.807) is 18.0 Å². The van der Waals surface area contributed by atoms with E-state index >= 15 is 0 Å². The number of nitrogens with zero attached hydrogens (tertiary/aromatic N) is 6. The normalized spacial score (nSPS) is 17.1. The van der Waals surface area contributed by atoms with Crippen molar-refractivity contribution < 1.29 is 14.4 Å². The summed E-state index contributed by atoms with van der Waals surface area (Å²) < 4.78 is 6.81. The van der Waals surface area contributed by atoms with Crippen LogP contribution in [0.4, 0.5) is 10.7 Å². The van der Waals surface area contributed by atoms with Gasteiger partial charge in [-0.15, -0.1) is 10.2 Å². The van der Waals surface area contributed by atoms with Crippen molar-refractivity contribution >= 4 is 23.2 Å². The minimum atomic E-state index is -0.817. The van der Waals surface area contributed by atoms with Gasteiger partial charge in [0.2, 0.25) is 5.95 Å². The number of ether oxygens (including phenoxy) is 1. The molecule has 3 N–H and O–H groups in total. The van der Waals surface area contributed by atoms with Crippen LogP contribution in [0.5, 0.6) is 5.75 Å². The Balaban J connectivity index is 1.54. The lowest BCUT2D eigenvalue weighted by Crippen LogP contribution is -2.31. The van der Waals surface area contributed by atoms with Crippen LogP contribution in [0.2, 0.25) is 0 Å². The highest BCUT2D eigenvalue weighted by Crippen LogP contribution is 2.19. The average Bonchev–Trinajstić information content (AvgIpc) is 3.28. The summed E-state index contributed by atoms with van der Waals surface area (Å²) in [7, 11) is 1.61. The Labute approximate surface area is 154 Å². The Bertz CT molecular complexity index is 958. The second-order valence-electron chi connectivity index (χ2n) is 6.03. The van der Waals surface area contributed by atoms with Crippen molar-refractivity contribution in [1.29, 1.82) is 0 Å². The summed E-state index contributed by atoms with van der Waals surface area (Å²) in [6.07, 6.45) is 1.57. The molecule has 0 aliphatic carbocycles. The van der Waals surface area contributed by atoms with Gasteiger partial charge in [0.1, 0.15) is 5.75 Å². The predicted molar refractivity (Wildman–Crippen MR) is 95.3 cm³/mol. The number of nitrogens with two attached hydrogens (primary N) is 1. The van der Waals surface area contributed by atoms with E-state index in [1.807, 2.05) is 24.3 Å². The van der Waals surface area contributed by atoms with E-state index in [-0.39, 0.29) is 6.04 Å². The number of aromatic nitrogens is 5. The Kier molecular flexibility index (Phi) is 4.42. The second kappa shape index (κ2) is 7.03. The van der Waals surface area contributed by atoms with E-state index in [2.05, 4.69) is 25.6 Å². The molecule has 1 amide bonds. The number of nitrogens with one attached hydrogen (secondary N) is 1. The molecule has 4 rings (SSSR count). The zero-order chi connectivity index (χ0) is 18.8. The molecular formula is C16H18N8O3. The SMILES string of the molecule is COc1ccc(-n2nnc3cnc(N[C@@H]4CCN(OC(N)=O)C4)nc32)cc1. The van der Waals surface area contributed by atoms with Crippen LogP contribution in [-0.2, 0) is 4.84 Å². The van der Waals surface area contributed by atoms with Crippen molar-refractivity contribution in [3.8, 4) is 11.4 Å². The van der Waals surface area contributed by atoms with Crippen LogP contribution in [-0.4, -0.2) is 62.4 Å². The molecule has 1 aromatic carbocycles. The summed E-state index contributed by atoms with van der Waals surface area (Å²) >= 11 is 0. The van der Waals surface area contributed by atoms with E-state index in [0.29, 0.717) is 30.2 Å². The third kappa shape index (κ3) is 3.58. The molecule has 140 valence electrons. The number of benzene rings is 1. The Morgan fingerprint density at radius 3 is 2.89 bits per heavy atom. The van der Waals surface area contributed by atoms with Crippen LogP contribution in [0, 0.1) is 0 Å². The van der Waals surface area contributed by atoms with Gasteiger partial charge >= 0.3 is 6.09 Å². The van der Waals surface area contributed by atoms with Crippen molar-refractivity contribution in [1.82, 2.24) is 30.0 Å². The van der Waals surface area contributed by atoms with Gasteiger partial charge in [-0.3, -0.25) is 0 Å².